The highest BCUT2D eigenvalue weighted by Gasteiger charge is 2.85. The molecule has 1 aromatic carbocycles. The van der Waals surface area contributed by atoms with E-state index >= 15 is 0 Å². The summed E-state index contributed by atoms with van der Waals surface area (Å²) < 4.78 is 11.7. The van der Waals surface area contributed by atoms with Crippen LogP contribution in [-0.2, 0) is 20.7 Å². The molecule has 1 fully saturated rings. The van der Waals surface area contributed by atoms with Crippen molar-refractivity contribution in [3.63, 3.8) is 0 Å². The first-order chi connectivity index (χ1) is 19.2. The van der Waals surface area contributed by atoms with E-state index in [2.05, 4.69) is 17.2 Å². The first-order valence-electron chi connectivity index (χ1n) is 13.9. The van der Waals surface area contributed by atoms with Crippen LogP contribution in [0.5, 0.6) is 0 Å². The summed E-state index contributed by atoms with van der Waals surface area (Å²) in [5, 5.41) is 13.4. The first-order valence-corrected chi connectivity index (χ1v) is 13.9. The van der Waals surface area contributed by atoms with E-state index in [1.54, 1.807) is 30.5 Å². The number of ketones is 2. The van der Waals surface area contributed by atoms with Crippen molar-refractivity contribution in [1.29, 1.82) is 0 Å². The number of nitrogens with one attached hydrogen (secondary N) is 1. The molecule has 0 amide bonds. The number of nitrogens with zero attached hydrogens (tertiary/aromatic N) is 1. The minimum atomic E-state index is -2.06. The van der Waals surface area contributed by atoms with Gasteiger partial charge in [-0.05, 0) is 56.5 Å². The Morgan fingerprint density at radius 1 is 1.20 bits per heavy atom. The van der Waals surface area contributed by atoms with Gasteiger partial charge >= 0.3 is 5.97 Å². The average Bonchev–Trinajstić information content (AvgIpc) is 3.66. The van der Waals surface area contributed by atoms with Crippen LogP contribution in [0.4, 0.5) is 5.82 Å². The molecule has 40 heavy (non-hydrogen) atoms. The van der Waals surface area contributed by atoms with Gasteiger partial charge in [0.15, 0.2) is 11.4 Å². The third kappa shape index (κ3) is 5.46. The molecule has 2 aromatic rings. The molecule has 0 saturated carbocycles. The van der Waals surface area contributed by atoms with Gasteiger partial charge in [0, 0.05) is 36.2 Å². The van der Waals surface area contributed by atoms with E-state index < -0.39 is 28.7 Å². The quantitative estimate of drug-likeness (QED) is 0.140. The Kier molecular flexibility index (Phi) is 9.18. The molecule has 214 valence electrons. The number of aryl methyl sites for hydroxylation is 1. The molecule has 0 radical (unpaired) electrons. The molecular weight excluding hydrogens is 510 g/mol. The lowest BCUT2D eigenvalue weighted by atomic mass is 9.71. The number of ether oxygens (including phenoxy) is 2. The number of benzene rings is 1. The molecule has 0 spiro atoms. The number of carbonyl (C=O) groups is 3. The predicted molar refractivity (Wildman–Crippen MR) is 151 cm³/mol. The summed E-state index contributed by atoms with van der Waals surface area (Å²) in [6.45, 7) is 4.39. The van der Waals surface area contributed by atoms with Gasteiger partial charge in [-0.25, -0.2) is 9.78 Å². The molecule has 1 aliphatic heterocycles. The molecule has 2 heterocycles. The molecule has 2 aliphatic rings. The van der Waals surface area contributed by atoms with Gasteiger partial charge in [-0.1, -0.05) is 49.6 Å². The maximum Gasteiger partial charge on any atom is 0.350 e. The molecule has 0 bridgehead atoms. The summed E-state index contributed by atoms with van der Waals surface area (Å²) >= 11 is 0. The highest BCUT2D eigenvalue weighted by molar-refractivity contribution is 6.32. The summed E-state index contributed by atoms with van der Waals surface area (Å²) in [4.78, 5) is 45.4. The zero-order valence-corrected chi connectivity index (χ0v) is 23.5. The summed E-state index contributed by atoms with van der Waals surface area (Å²) in [5.74, 6) is -1.38. The topological polar surface area (TPSA) is 144 Å². The van der Waals surface area contributed by atoms with Gasteiger partial charge < -0.3 is 25.6 Å². The van der Waals surface area contributed by atoms with E-state index in [0.717, 1.165) is 30.4 Å². The maximum atomic E-state index is 13.9. The highest BCUT2D eigenvalue weighted by atomic mass is 16.7. The van der Waals surface area contributed by atoms with Gasteiger partial charge in [-0.3, -0.25) is 9.59 Å². The minimum Gasteiger partial charge on any atom is -0.463 e. The predicted octanol–water partition coefficient (Wildman–Crippen LogP) is 3.45. The smallest absolute Gasteiger partial charge is 0.350 e. The zero-order chi connectivity index (χ0) is 28.9. The summed E-state index contributed by atoms with van der Waals surface area (Å²) in [6.07, 6.45) is 5.63. The van der Waals surface area contributed by atoms with Crippen molar-refractivity contribution >= 4 is 23.4 Å². The number of fused-ring (bicyclic) bond motifs is 2. The van der Waals surface area contributed by atoms with Gasteiger partial charge in [-0.15, -0.1) is 0 Å². The number of hydrogen-bond donors (Lipinski definition) is 3. The number of allylic oxidation sites excluding steroid dienone is 1. The van der Waals surface area contributed by atoms with Crippen LogP contribution in [0, 0.1) is 5.92 Å². The first kappa shape index (κ1) is 29.6. The van der Waals surface area contributed by atoms with Crippen LogP contribution in [0.15, 0.2) is 53.7 Å². The number of unbranched alkanes of at least 4 members (excludes halogenated alkanes) is 1. The van der Waals surface area contributed by atoms with Crippen LogP contribution in [0.2, 0.25) is 0 Å². The van der Waals surface area contributed by atoms with E-state index in [1.165, 1.54) is 6.07 Å². The fourth-order valence-electron chi connectivity index (χ4n) is 5.62. The van der Waals surface area contributed by atoms with Gasteiger partial charge in [-0.2, -0.15) is 0 Å². The number of aliphatic hydroxyl groups excluding tert-OH is 1. The number of rotatable bonds is 14. The Balaban J connectivity index is 1.62. The van der Waals surface area contributed by atoms with Crippen LogP contribution < -0.4 is 11.1 Å². The number of aliphatic hydroxyl groups is 1. The summed E-state index contributed by atoms with van der Waals surface area (Å²) in [6, 6.07) is 10.1. The monoisotopic (exact) mass is 549 g/mol. The number of esters is 1. The largest absolute Gasteiger partial charge is 0.463 e. The Labute approximate surface area is 235 Å². The van der Waals surface area contributed by atoms with Crippen LogP contribution in [-0.4, -0.2) is 65.6 Å². The van der Waals surface area contributed by atoms with E-state index in [1.807, 2.05) is 20.0 Å². The molecule has 9 nitrogen and oxygen atoms in total. The SMILES string of the molecule is CCCCC(CNC)COC(=O)C12OC1(CC(CO)=C(C)CCc1ccnc(N)c1)C(=O)c1ccccc1C2=O. The van der Waals surface area contributed by atoms with Crippen molar-refractivity contribution in [3.8, 4) is 0 Å². The van der Waals surface area contributed by atoms with Crippen molar-refractivity contribution in [1.82, 2.24) is 10.3 Å². The van der Waals surface area contributed by atoms with E-state index in [4.69, 9.17) is 15.2 Å². The highest BCUT2D eigenvalue weighted by Crippen LogP contribution is 2.59. The second-order valence-corrected chi connectivity index (χ2v) is 10.8. The van der Waals surface area contributed by atoms with Crippen molar-refractivity contribution in [2.24, 2.45) is 5.92 Å². The van der Waals surface area contributed by atoms with E-state index in [9.17, 15) is 19.5 Å². The fourth-order valence-corrected chi connectivity index (χ4v) is 5.62. The average molecular weight is 550 g/mol. The Morgan fingerprint density at radius 3 is 2.58 bits per heavy atom. The Morgan fingerprint density at radius 2 is 1.93 bits per heavy atom. The number of hydrogen-bond acceptors (Lipinski definition) is 9. The molecule has 3 unspecified atom stereocenters. The summed E-state index contributed by atoms with van der Waals surface area (Å²) in [5.41, 5.74) is 4.73. The van der Waals surface area contributed by atoms with Crippen LogP contribution in [0.3, 0.4) is 0 Å². The van der Waals surface area contributed by atoms with E-state index in [-0.39, 0.29) is 36.7 Å². The standard InChI is InChI=1S/C31H39N3O6/c1-4-5-8-22(17-33-3)19-39-29(38)31-28(37)25-10-7-6-9-24(25)27(36)30(31,40-31)16-23(18-35)20(2)11-12-21-13-14-34-26(32)15-21/h6-7,9-10,13-15,22,33,35H,4-5,8,11-12,16-19H2,1-3H3,(H2,32,34). The molecular formula is C31H39N3O6. The Bertz CT molecular complexity index is 1310. The molecule has 9 heteroatoms. The molecule has 4 rings (SSSR count). The molecule has 1 aliphatic carbocycles. The lowest BCUT2D eigenvalue weighted by Crippen LogP contribution is -2.51. The molecule has 1 saturated heterocycles. The normalized spacial score (nSPS) is 22.7. The van der Waals surface area contributed by atoms with Gasteiger partial charge in [0.25, 0.3) is 5.60 Å². The number of epoxide rings is 1. The van der Waals surface area contributed by atoms with E-state index in [0.29, 0.717) is 30.8 Å². The second kappa shape index (κ2) is 12.4. The number of aromatic nitrogens is 1. The van der Waals surface area contributed by atoms with Crippen LogP contribution in [0.1, 0.15) is 72.2 Å². The van der Waals surface area contributed by atoms with Gasteiger partial charge in [0.2, 0.25) is 5.78 Å². The minimum absolute atomic E-state index is 0.0671. The third-order valence-electron chi connectivity index (χ3n) is 8.04. The number of anilines is 1. The van der Waals surface area contributed by atoms with Crippen molar-refractivity contribution in [2.75, 3.05) is 32.5 Å². The van der Waals surface area contributed by atoms with Crippen LogP contribution in [0.25, 0.3) is 0 Å². The number of carbonyl (C=O) groups excluding carboxylic acids is 3. The van der Waals surface area contributed by atoms with Crippen LogP contribution >= 0.6 is 0 Å². The molecule has 4 N–H and O–H groups in total. The number of nitrogens with two attached hydrogens (primary N) is 1. The van der Waals surface area contributed by atoms with Crippen molar-refractivity contribution in [2.45, 2.75) is 63.6 Å². The maximum absolute atomic E-state index is 13.9. The van der Waals surface area contributed by atoms with Gasteiger partial charge in [0.1, 0.15) is 5.82 Å². The Hall–Kier alpha value is -3.40. The second-order valence-electron chi connectivity index (χ2n) is 10.8. The lowest BCUT2D eigenvalue weighted by molar-refractivity contribution is -0.149. The number of Topliss-reactive ketones (excluding diaryl/α,β-unsaturated/α-hetero) is 2. The fraction of sp³-hybridized carbons (Fsp3) is 0.484. The van der Waals surface area contributed by atoms with Crippen molar-refractivity contribution < 1.29 is 29.0 Å². The molecule has 1 aromatic heterocycles. The van der Waals surface area contributed by atoms with Gasteiger partial charge in [0.05, 0.1) is 13.2 Å². The van der Waals surface area contributed by atoms with Crippen molar-refractivity contribution in [3.05, 3.63) is 70.4 Å². The molecule has 3 atom stereocenters. The zero-order valence-electron chi connectivity index (χ0n) is 23.5. The summed E-state index contributed by atoms with van der Waals surface area (Å²) in [7, 11) is 1.84. The lowest BCUT2D eigenvalue weighted by Gasteiger charge is -2.26. The third-order valence-corrected chi connectivity index (χ3v) is 8.04. The number of nitrogen functional groups attached to an aromatic ring is 1. The number of pyridine rings is 1.